The predicted molar refractivity (Wildman–Crippen MR) is 239 cm³/mol. The molecule has 6 atom stereocenters. The van der Waals surface area contributed by atoms with Crippen LogP contribution in [0.15, 0.2) is 48.6 Å². The van der Waals surface area contributed by atoms with Crippen LogP contribution in [0.5, 0.6) is 0 Å². The fourth-order valence-electron chi connectivity index (χ4n) is 6.92. The molecule has 1 rings (SSSR count). The molecule has 1 aliphatic rings. The zero-order valence-corrected chi connectivity index (χ0v) is 38.1. The van der Waals surface area contributed by atoms with Crippen LogP contribution in [-0.4, -0.2) is 97.5 Å². The van der Waals surface area contributed by atoms with Crippen LogP contribution >= 0.6 is 0 Å². The lowest BCUT2D eigenvalue weighted by Crippen LogP contribution is -2.60. The van der Waals surface area contributed by atoms with Crippen molar-refractivity contribution in [1.82, 2.24) is 0 Å². The summed E-state index contributed by atoms with van der Waals surface area (Å²) < 4.78 is 59.1. The van der Waals surface area contributed by atoms with Crippen molar-refractivity contribution in [3.8, 4) is 0 Å². The highest BCUT2D eigenvalue weighted by atomic mass is 32.3. The molecule has 0 spiro atoms. The Labute approximate surface area is 364 Å². The minimum Gasteiger partial charge on any atom is -0.457 e. The Balaban J connectivity index is 2.43. The minimum atomic E-state index is -5.07. The minimum absolute atomic E-state index is 0.0246. The average molecular weight is 873 g/mol. The normalized spacial score (nSPS) is 20.7. The van der Waals surface area contributed by atoms with Gasteiger partial charge in [-0.1, -0.05) is 152 Å². The molecule has 12 nitrogen and oxygen atoms in total. The van der Waals surface area contributed by atoms with E-state index in [1.165, 1.54) is 77.0 Å². The van der Waals surface area contributed by atoms with Crippen LogP contribution in [0.2, 0.25) is 0 Å². The van der Waals surface area contributed by atoms with E-state index in [2.05, 4.69) is 66.6 Å². The Morgan fingerprint density at radius 2 is 1.15 bits per heavy atom. The van der Waals surface area contributed by atoms with Gasteiger partial charge in [0.15, 0.2) is 6.29 Å². The summed E-state index contributed by atoms with van der Waals surface area (Å²) in [4.78, 5) is 12.9. The highest BCUT2D eigenvalue weighted by Crippen LogP contribution is 2.26. The van der Waals surface area contributed by atoms with Gasteiger partial charge in [-0.3, -0.25) is 9.35 Å². The van der Waals surface area contributed by atoms with Crippen LogP contribution in [0, 0.1) is 0 Å². The van der Waals surface area contributed by atoms with E-state index >= 15 is 0 Å². The van der Waals surface area contributed by atoms with E-state index in [-0.39, 0.29) is 19.6 Å². The Hall–Kier alpha value is -1.94. The van der Waals surface area contributed by atoms with E-state index in [1.54, 1.807) is 0 Å². The van der Waals surface area contributed by atoms with Gasteiger partial charge in [-0.2, -0.15) is 8.42 Å². The Morgan fingerprint density at radius 1 is 0.650 bits per heavy atom. The number of hydrogen-bond donors (Lipinski definition) is 4. The summed E-state index contributed by atoms with van der Waals surface area (Å²) in [5.74, 6) is -0.410. The maximum atomic E-state index is 12.9. The van der Waals surface area contributed by atoms with E-state index in [0.29, 0.717) is 13.0 Å². The van der Waals surface area contributed by atoms with Gasteiger partial charge in [0.25, 0.3) is 0 Å². The number of ether oxygens (including phenoxy) is 4. The first kappa shape index (κ1) is 56.1. The number of aliphatic hydroxyl groups is 3. The molecule has 1 saturated heterocycles. The van der Waals surface area contributed by atoms with Crippen molar-refractivity contribution in [2.45, 2.75) is 218 Å². The van der Waals surface area contributed by atoms with Crippen LogP contribution in [0.1, 0.15) is 181 Å². The molecule has 6 unspecified atom stereocenters. The summed E-state index contributed by atoms with van der Waals surface area (Å²) in [6, 6.07) is 0. The van der Waals surface area contributed by atoms with Gasteiger partial charge in [0.1, 0.15) is 30.5 Å². The Kier molecular flexibility index (Phi) is 36.2. The van der Waals surface area contributed by atoms with Crippen molar-refractivity contribution in [3.05, 3.63) is 48.6 Å². The van der Waals surface area contributed by atoms with Gasteiger partial charge in [0, 0.05) is 13.0 Å². The molecule has 0 radical (unpaired) electrons. The van der Waals surface area contributed by atoms with E-state index in [1.807, 2.05) is 0 Å². The molecular formula is C47H84O12S. The molecule has 13 heteroatoms. The van der Waals surface area contributed by atoms with Crippen molar-refractivity contribution in [2.24, 2.45) is 0 Å². The molecule has 0 aromatic heterocycles. The monoisotopic (exact) mass is 873 g/mol. The standard InChI is InChI=1S/C47H84O12S/c1-3-5-7-9-11-13-15-17-19-21-22-24-26-28-30-32-34-36-43(49)57-41(40-56-47-45(51)46(59-60(52,53)54)44(50)42(38-48)58-47)39-55-37-35-33-31-29-27-25-23-20-18-16-14-12-10-8-6-4-2/h6,8,12,14,17-20,41-42,44-48,50-51H,3-5,7,9-11,13,15-16,21-40H2,1-2H3,(H,52,53,54)/b8-6-,14-12-,19-17-,20-18-. The molecule has 0 aliphatic carbocycles. The average Bonchev–Trinajstić information content (AvgIpc) is 3.22. The quantitative estimate of drug-likeness (QED) is 0.0199. The molecule has 4 N–H and O–H groups in total. The molecular weight excluding hydrogens is 789 g/mol. The number of hydrogen-bond acceptors (Lipinski definition) is 11. The third-order valence-electron chi connectivity index (χ3n) is 10.4. The molecule has 1 fully saturated rings. The second kappa shape index (κ2) is 38.7. The SMILES string of the molecule is CC/C=C\C/C=C\C/C=C\CCCCCCCCOCC(COC1OC(CO)C(O)C(OS(=O)(=O)O)C1O)OC(=O)CCCCCCCCC/C=C\CCCCCCCC. The molecule has 0 aromatic carbocycles. The van der Waals surface area contributed by atoms with E-state index < -0.39 is 59.8 Å². The summed E-state index contributed by atoms with van der Waals surface area (Å²) in [6.45, 7) is 3.84. The largest absolute Gasteiger partial charge is 0.457 e. The first-order chi connectivity index (χ1) is 29.1. The Bertz CT molecular complexity index is 1240. The lowest BCUT2D eigenvalue weighted by Gasteiger charge is -2.41. The van der Waals surface area contributed by atoms with Gasteiger partial charge in [-0.05, 0) is 70.6 Å². The number of esters is 1. The lowest BCUT2D eigenvalue weighted by atomic mass is 9.99. The fourth-order valence-corrected chi connectivity index (χ4v) is 7.42. The molecule has 1 heterocycles. The number of carbonyl (C=O) groups excluding carboxylic acids is 1. The number of aliphatic hydroxyl groups excluding tert-OH is 3. The van der Waals surface area contributed by atoms with Crippen molar-refractivity contribution < 1.29 is 56.2 Å². The van der Waals surface area contributed by atoms with Gasteiger partial charge in [-0.25, -0.2) is 4.18 Å². The summed E-state index contributed by atoms with van der Waals surface area (Å²) in [6.07, 6.45) is 37.1. The second-order valence-electron chi connectivity index (χ2n) is 16.0. The first-order valence-electron chi connectivity index (χ1n) is 23.4. The van der Waals surface area contributed by atoms with Crippen molar-refractivity contribution in [1.29, 1.82) is 0 Å². The highest BCUT2D eigenvalue weighted by Gasteiger charge is 2.48. The van der Waals surface area contributed by atoms with Gasteiger partial charge >= 0.3 is 16.4 Å². The summed E-state index contributed by atoms with van der Waals surface area (Å²) in [5, 5.41) is 30.7. The topological polar surface area (TPSA) is 178 Å². The summed E-state index contributed by atoms with van der Waals surface area (Å²) in [5.41, 5.74) is 0. The molecule has 1 aliphatic heterocycles. The third kappa shape index (κ3) is 31.8. The van der Waals surface area contributed by atoms with E-state index in [0.717, 1.165) is 77.0 Å². The van der Waals surface area contributed by atoms with Gasteiger partial charge in [0.05, 0.1) is 19.8 Å². The molecule has 350 valence electrons. The third-order valence-corrected chi connectivity index (χ3v) is 10.9. The summed E-state index contributed by atoms with van der Waals surface area (Å²) >= 11 is 0. The van der Waals surface area contributed by atoms with E-state index in [4.69, 9.17) is 23.5 Å². The van der Waals surface area contributed by atoms with Gasteiger partial charge in [-0.15, -0.1) is 0 Å². The molecule has 60 heavy (non-hydrogen) atoms. The number of carbonyl (C=O) groups is 1. The van der Waals surface area contributed by atoms with Gasteiger partial charge < -0.3 is 34.3 Å². The van der Waals surface area contributed by atoms with Crippen molar-refractivity contribution >= 4 is 16.4 Å². The Morgan fingerprint density at radius 3 is 1.70 bits per heavy atom. The first-order valence-corrected chi connectivity index (χ1v) is 24.8. The van der Waals surface area contributed by atoms with Crippen LogP contribution in [-0.2, 0) is 38.3 Å². The molecule has 0 amide bonds. The maximum Gasteiger partial charge on any atom is 0.397 e. The highest BCUT2D eigenvalue weighted by molar-refractivity contribution is 7.80. The second-order valence-corrected chi connectivity index (χ2v) is 17.0. The predicted octanol–water partition coefficient (Wildman–Crippen LogP) is 9.97. The van der Waals surface area contributed by atoms with E-state index in [9.17, 15) is 28.5 Å². The van der Waals surface area contributed by atoms with Crippen LogP contribution in [0.4, 0.5) is 0 Å². The maximum absolute atomic E-state index is 12.9. The number of allylic oxidation sites excluding steroid dienone is 8. The zero-order valence-electron chi connectivity index (χ0n) is 37.3. The van der Waals surface area contributed by atoms with Crippen molar-refractivity contribution in [2.75, 3.05) is 26.4 Å². The van der Waals surface area contributed by atoms with Crippen molar-refractivity contribution in [3.63, 3.8) is 0 Å². The molecule has 0 saturated carbocycles. The van der Waals surface area contributed by atoms with Gasteiger partial charge in [0.2, 0.25) is 0 Å². The summed E-state index contributed by atoms with van der Waals surface area (Å²) in [7, 11) is -5.07. The number of unbranched alkanes of at least 4 members (excludes halogenated alkanes) is 19. The number of rotatable bonds is 40. The fraction of sp³-hybridized carbons (Fsp3) is 0.809. The van der Waals surface area contributed by atoms with Crippen LogP contribution < -0.4 is 0 Å². The smallest absolute Gasteiger partial charge is 0.397 e. The molecule has 0 aromatic rings. The zero-order chi connectivity index (χ0) is 43.9. The van der Waals surface area contributed by atoms with Crippen LogP contribution in [0.25, 0.3) is 0 Å². The molecule has 0 bridgehead atoms. The lowest BCUT2D eigenvalue weighted by molar-refractivity contribution is -0.301. The van der Waals surface area contributed by atoms with Crippen LogP contribution in [0.3, 0.4) is 0 Å².